The lowest BCUT2D eigenvalue weighted by molar-refractivity contribution is 0.981. The molecule has 0 saturated heterocycles. The van der Waals surface area contributed by atoms with Gasteiger partial charge in [-0.15, -0.1) is 0 Å². The van der Waals surface area contributed by atoms with Crippen LogP contribution >= 0.6 is 0 Å². The zero-order valence-corrected chi connectivity index (χ0v) is 9.28. The average molecular weight is 191 g/mol. The molecule has 0 unspecified atom stereocenters. The van der Waals surface area contributed by atoms with Gasteiger partial charge in [0.25, 0.3) is 0 Å². The minimum absolute atomic E-state index is 0.921. The molecule has 0 aliphatic rings. The quantitative estimate of drug-likeness (QED) is 0.693. The summed E-state index contributed by atoms with van der Waals surface area (Å²) in [6.07, 6.45) is 6.81. The second-order valence-corrected chi connectivity index (χ2v) is 2.88. The molecule has 3 heteroatoms. The van der Waals surface area contributed by atoms with Crippen molar-refractivity contribution in [3.63, 3.8) is 0 Å². The lowest BCUT2D eigenvalue weighted by Crippen LogP contribution is -1.91. The van der Waals surface area contributed by atoms with Gasteiger partial charge < -0.3 is 4.40 Å². The van der Waals surface area contributed by atoms with E-state index in [0.717, 1.165) is 23.5 Å². The summed E-state index contributed by atoms with van der Waals surface area (Å²) in [5.74, 6) is 0. The third kappa shape index (κ3) is 2.10. The van der Waals surface area contributed by atoms with Gasteiger partial charge in [0.15, 0.2) is 5.65 Å². The molecule has 0 aliphatic carbocycles. The van der Waals surface area contributed by atoms with Gasteiger partial charge in [-0.3, -0.25) is 4.98 Å². The molecule has 0 atom stereocenters. The number of aryl methyl sites for hydroxylation is 2. The Balaban J connectivity index is 0.000000461. The van der Waals surface area contributed by atoms with E-state index in [1.165, 1.54) is 0 Å². The predicted molar refractivity (Wildman–Crippen MR) is 58.5 cm³/mol. The van der Waals surface area contributed by atoms with Crippen molar-refractivity contribution >= 4 is 5.65 Å². The summed E-state index contributed by atoms with van der Waals surface area (Å²) in [5, 5.41) is 0. The first-order valence-corrected chi connectivity index (χ1v) is 5.10. The molecule has 0 radical (unpaired) electrons. The minimum Gasteiger partial charge on any atom is -0.304 e. The van der Waals surface area contributed by atoms with Crippen LogP contribution in [0, 0.1) is 6.92 Å². The van der Waals surface area contributed by atoms with Crippen molar-refractivity contribution in [1.29, 1.82) is 0 Å². The molecule has 14 heavy (non-hydrogen) atoms. The van der Waals surface area contributed by atoms with E-state index in [9.17, 15) is 0 Å². The molecule has 0 aromatic carbocycles. The van der Waals surface area contributed by atoms with Crippen molar-refractivity contribution in [1.82, 2.24) is 14.4 Å². The smallest absolute Gasteiger partial charge is 0.155 e. The van der Waals surface area contributed by atoms with Crippen LogP contribution in [0.5, 0.6) is 0 Å². The molecule has 3 nitrogen and oxygen atoms in total. The zero-order valence-electron chi connectivity index (χ0n) is 9.28. The molecule has 2 aromatic rings. The summed E-state index contributed by atoms with van der Waals surface area (Å²) in [7, 11) is 0. The van der Waals surface area contributed by atoms with Gasteiger partial charge in [0.05, 0.1) is 17.6 Å². The fourth-order valence-electron chi connectivity index (χ4n) is 1.25. The molecule has 2 rings (SSSR count). The third-order valence-corrected chi connectivity index (χ3v) is 1.88. The number of aromatic nitrogens is 3. The standard InChI is InChI=1S/C9H11N3.C2H6/c1-3-8-6-12-5-7(2)11-9(12)4-10-8;1-2/h4-6H,3H2,1-2H3;1-2H3. The number of rotatable bonds is 1. The monoisotopic (exact) mass is 191 g/mol. The summed E-state index contributed by atoms with van der Waals surface area (Å²) >= 11 is 0. The second kappa shape index (κ2) is 4.74. The molecular weight excluding hydrogens is 174 g/mol. The van der Waals surface area contributed by atoms with Crippen LogP contribution in [0.2, 0.25) is 0 Å². The molecule has 0 N–H and O–H groups in total. The van der Waals surface area contributed by atoms with Gasteiger partial charge in [-0.25, -0.2) is 4.98 Å². The topological polar surface area (TPSA) is 30.2 Å². The van der Waals surface area contributed by atoms with Gasteiger partial charge in [-0.1, -0.05) is 20.8 Å². The van der Waals surface area contributed by atoms with Gasteiger partial charge in [-0.05, 0) is 13.3 Å². The first kappa shape index (κ1) is 10.7. The maximum atomic E-state index is 4.29. The fraction of sp³-hybridized carbons (Fsp3) is 0.455. The number of nitrogens with zero attached hydrogens (tertiary/aromatic N) is 3. The molecule has 0 spiro atoms. The summed E-state index contributed by atoms with van der Waals surface area (Å²) in [4.78, 5) is 8.54. The summed E-state index contributed by atoms with van der Waals surface area (Å²) in [6.45, 7) is 8.08. The lowest BCUT2D eigenvalue weighted by atomic mass is 10.3. The Bertz CT molecular complexity index is 404. The molecular formula is C11H17N3. The molecule has 2 aromatic heterocycles. The van der Waals surface area contributed by atoms with Crippen LogP contribution in [-0.4, -0.2) is 14.4 Å². The normalized spacial score (nSPS) is 9.71. The fourth-order valence-corrected chi connectivity index (χ4v) is 1.25. The van der Waals surface area contributed by atoms with Crippen LogP contribution in [-0.2, 0) is 6.42 Å². The van der Waals surface area contributed by atoms with E-state index in [4.69, 9.17) is 0 Å². The lowest BCUT2D eigenvalue weighted by Gasteiger charge is -1.95. The Morgan fingerprint density at radius 1 is 1.29 bits per heavy atom. The highest BCUT2D eigenvalue weighted by molar-refractivity contribution is 5.37. The van der Waals surface area contributed by atoms with Crippen LogP contribution in [0.1, 0.15) is 32.2 Å². The van der Waals surface area contributed by atoms with Crippen molar-refractivity contribution in [3.05, 3.63) is 30.0 Å². The Morgan fingerprint density at radius 2 is 2.00 bits per heavy atom. The molecule has 76 valence electrons. The highest BCUT2D eigenvalue weighted by Crippen LogP contribution is 2.04. The van der Waals surface area contributed by atoms with Gasteiger partial charge >= 0.3 is 0 Å². The molecule has 0 saturated carbocycles. The van der Waals surface area contributed by atoms with Crippen molar-refractivity contribution in [2.45, 2.75) is 34.1 Å². The third-order valence-electron chi connectivity index (χ3n) is 1.88. The Morgan fingerprint density at radius 3 is 2.64 bits per heavy atom. The minimum atomic E-state index is 0.921. The van der Waals surface area contributed by atoms with Crippen molar-refractivity contribution in [3.8, 4) is 0 Å². The van der Waals surface area contributed by atoms with E-state index in [1.807, 2.05) is 43.8 Å². The van der Waals surface area contributed by atoms with Crippen molar-refractivity contribution in [2.75, 3.05) is 0 Å². The van der Waals surface area contributed by atoms with Crippen LogP contribution < -0.4 is 0 Å². The molecule has 2 heterocycles. The Kier molecular flexibility index (Phi) is 3.63. The van der Waals surface area contributed by atoms with E-state index in [2.05, 4.69) is 16.9 Å². The van der Waals surface area contributed by atoms with Crippen molar-refractivity contribution < 1.29 is 0 Å². The van der Waals surface area contributed by atoms with E-state index in [-0.39, 0.29) is 0 Å². The number of imidazole rings is 1. The number of hydrogen-bond acceptors (Lipinski definition) is 2. The Labute approximate surface area is 84.8 Å². The number of hydrogen-bond donors (Lipinski definition) is 0. The van der Waals surface area contributed by atoms with E-state index < -0.39 is 0 Å². The molecule has 0 bridgehead atoms. The zero-order chi connectivity index (χ0) is 10.6. The van der Waals surface area contributed by atoms with Gasteiger partial charge in [0, 0.05) is 12.4 Å². The van der Waals surface area contributed by atoms with Gasteiger partial charge in [0.1, 0.15) is 0 Å². The van der Waals surface area contributed by atoms with Gasteiger partial charge in [-0.2, -0.15) is 0 Å². The van der Waals surface area contributed by atoms with E-state index >= 15 is 0 Å². The average Bonchev–Trinajstić information content (AvgIpc) is 2.59. The molecule has 0 fully saturated rings. The maximum Gasteiger partial charge on any atom is 0.155 e. The first-order chi connectivity index (χ1) is 6.79. The largest absolute Gasteiger partial charge is 0.304 e. The van der Waals surface area contributed by atoms with Crippen LogP contribution in [0.25, 0.3) is 5.65 Å². The highest BCUT2D eigenvalue weighted by atomic mass is 15.0. The summed E-state index contributed by atoms with van der Waals surface area (Å²) in [6, 6.07) is 0. The second-order valence-electron chi connectivity index (χ2n) is 2.88. The predicted octanol–water partition coefficient (Wildman–Crippen LogP) is 2.63. The van der Waals surface area contributed by atoms with E-state index in [0.29, 0.717) is 0 Å². The van der Waals surface area contributed by atoms with Crippen LogP contribution in [0.15, 0.2) is 18.6 Å². The summed E-state index contributed by atoms with van der Waals surface area (Å²) in [5.41, 5.74) is 3.05. The SMILES string of the molecule is CC.CCc1cn2cc(C)nc2cn1. The first-order valence-electron chi connectivity index (χ1n) is 5.10. The summed E-state index contributed by atoms with van der Waals surface area (Å²) < 4.78 is 2.02. The molecule has 0 aliphatic heterocycles. The maximum absolute atomic E-state index is 4.29. The van der Waals surface area contributed by atoms with Crippen molar-refractivity contribution in [2.24, 2.45) is 0 Å². The van der Waals surface area contributed by atoms with Crippen LogP contribution in [0.4, 0.5) is 0 Å². The number of fused-ring (bicyclic) bond motifs is 1. The molecule has 0 amide bonds. The Hall–Kier alpha value is -1.38. The van der Waals surface area contributed by atoms with E-state index in [1.54, 1.807) is 0 Å². The van der Waals surface area contributed by atoms with Gasteiger partial charge in [0.2, 0.25) is 0 Å². The highest BCUT2D eigenvalue weighted by Gasteiger charge is 1.97. The van der Waals surface area contributed by atoms with Crippen LogP contribution in [0.3, 0.4) is 0 Å².